The predicted molar refractivity (Wildman–Crippen MR) is 112 cm³/mol. The number of hydrogen-bond donors (Lipinski definition) is 1. The minimum atomic E-state index is -0.717. The summed E-state index contributed by atoms with van der Waals surface area (Å²) in [7, 11) is 0. The first-order valence-electron chi connectivity index (χ1n) is 10.3. The van der Waals surface area contributed by atoms with E-state index in [1.54, 1.807) is 13.1 Å². The van der Waals surface area contributed by atoms with E-state index >= 15 is 0 Å². The van der Waals surface area contributed by atoms with Gasteiger partial charge in [-0.25, -0.2) is 23.0 Å². The number of rotatable bonds is 4. The molecule has 0 aliphatic carbocycles. The smallest absolute Gasteiger partial charge is 0.341 e. The zero-order valence-corrected chi connectivity index (χ0v) is 17.5. The molecule has 11 heteroatoms. The number of H-pyrrole nitrogens is 1. The van der Waals surface area contributed by atoms with Crippen LogP contribution >= 0.6 is 0 Å². The van der Waals surface area contributed by atoms with Gasteiger partial charge < -0.3 is 9.64 Å². The Hall–Kier alpha value is -3.89. The van der Waals surface area contributed by atoms with Gasteiger partial charge in [0, 0.05) is 36.5 Å². The van der Waals surface area contributed by atoms with E-state index in [2.05, 4.69) is 20.3 Å². The largest absolute Gasteiger partial charge is 0.483 e. The van der Waals surface area contributed by atoms with Crippen molar-refractivity contribution in [2.75, 3.05) is 13.1 Å². The van der Waals surface area contributed by atoms with E-state index in [4.69, 9.17) is 4.74 Å². The number of ether oxygens (including phenoxy) is 1. The number of aromatic amines is 1. The van der Waals surface area contributed by atoms with Gasteiger partial charge in [-0.2, -0.15) is 10.2 Å². The number of carbonyl (C=O) groups is 1. The molecule has 4 heterocycles. The lowest BCUT2D eigenvalue weighted by atomic mass is 10.0. The van der Waals surface area contributed by atoms with Crippen LogP contribution in [-0.4, -0.2) is 56.5 Å². The molecule has 2 aliphatic heterocycles. The molecule has 1 atom stereocenters. The molecule has 170 valence electrons. The van der Waals surface area contributed by atoms with Gasteiger partial charge in [-0.3, -0.25) is 10.1 Å². The van der Waals surface area contributed by atoms with Gasteiger partial charge in [0.15, 0.2) is 11.6 Å². The first-order chi connectivity index (χ1) is 15.9. The lowest BCUT2D eigenvalue weighted by Gasteiger charge is -2.41. The van der Waals surface area contributed by atoms with E-state index in [1.165, 1.54) is 34.3 Å². The van der Waals surface area contributed by atoms with E-state index in [0.29, 0.717) is 17.7 Å². The highest BCUT2D eigenvalue weighted by Crippen LogP contribution is 2.32. The fraction of sp³-hybridized carbons (Fsp3) is 0.273. The first kappa shape index (κ1) is 21.0. The maximum absolute atomic E-state index is 14.3. The summed E-state index contributed by atoms with van der Waals surface area (Å²) in [5, 5.41) is 12.1. The fourth-order valence-corrected chi connectivity index (χ4v) is 3.91. The van der Waals surface area contributed by atoms with Crippen LogP contribution in [0.25, 0.3) is 11.3 Å². The summed E-state index contributed by atoms with van der Waals surface area (Å²) in [5.41, 5.74) is 2.30. The number of carbonyl (C=O) groups excluding carboxylic acids is 1. The van der Waals surface area contributed by atoms with Crippen molar-refractivity contribution >= 4 is 12.2 Å². The van der Waals surface area contributed by atoms with Crippen molar-refractivity contribution in [1.82, 2.24) is 25.1 Å². The van der Waals surface area contributed by atoms with Crippen molar-refractivity contribution in [1.29, 1.82) is 0 Å². The Morgan fingerprint density at radius 1 is 1.15 bits per heavy atom. The molecule has 1 saturated heterocycles. The molecular formula is C22H19F3N6O2. The molecule has 5 rings (SSSR count). The number of nitrogens with one attached hydrogen (secondary N) is 1. The molecule has 2 aliphatic rings. The third-order valence-corrected chi connectivity index (χ3v) is 5.63. The number of hydrazone groups is 1. The third-order valence-electron chi connectivity index (χ3n) is 5.63. The molecule has 0 saturated carbocycles. The summed E-state index contributed by atoms with van der Waals surface area (Å²) in [6.07, 6.45) is 4.22. The van der Waals surface area contributed by atoms with Crippen LogP contribution in [0.1, 0.15) is 23.7 Å². The van der Waals surface area contributed by atoms with E-state index in [0.717, 1.165) is 23.5 Å². The van der Waals surface area contributed by atoms with Gasteiger partial charge in [-0.05, 0) is 24.6 Å². The topological polar surface area (TPSA) is 86.7 Å². The number of urea groups is 1. The molecule has 0 unspecified atom stereocenters. The van der Waals surface area contributed by atoms with E-state index in [-0.39, 0.29) is 18.8 Å². The Labute approximate surface area is 186 Å². The highest BCUT2D eigenvalue weighted by atomic mass is 19.1. The summed E-state index contributed by atoms with van der Waals surface area (Å²) in [4.78, 5) is 18.5. The summed E-state index contributed by atoms with van der Waals surface area (Å²) in [6, 6.07) is 3.65. The Balaban J connectivity index is 1.24. The molecule has 1 N–H and O–H groups in total. The molecule has 2 aromatic heterocycles. The van der Waals surface area contributed by atoms with Gasteiger partial charge in [0.2, 0.25) is 0 Å². The SMILES string of the molecule is Cc1n[nH]cc1-c1cc(OC2CN(C(=O)N3N=CC[C@H]3c3cc(F)cc(F)c3)C2)c(F)cn1. The summed E-state index contributed by atoms with van der Waals surface area (Å²) >= 11 is 0. The number of hydrogen-bond acceptors (Lipinski definition) is 5. The molecule has 33 heavy (non-hydrogen) atoms. The normalized spacial score (nSPS) is 18.0. The average Bonchev–Trinajstić information content (AvgIpc) is 3.39. The Bertz CT molecular complexity index is 1220. The first-order valence-corrected chi connectivity index (χ1v) is 10.3. The Morgan fingerprint density at radius 3 is 2.61 bits per heavy atom. The van der Waals surface area contributed by atoms with Gasteiger partial charge in [0.25, 0.3) is 0 Å². The summed E-state index contributed by atoms with van der Waals surface area (Å²) in [5.74, 6) is -2.01. The van der Waals surface area contributed by atoms with E-state index in [9.17, 15) is 18.0 Å². The van der Waals surface area contributed by atoms with Gasteiger partial charge >= 0.3 is 6.03 Å². The van der Waals surface area contributed by atoms with Crippen molar-refractivity contribution in [2.24, 2.45) is 5.10 Å². The molecule has 8 nitrogen and oxygen atoms in total. The molecule has 2 amide bonds. The number of aryl methyl sites for hydroxylation is 1. The van der Waals surface area contributed by atoms with Gasteiger partial charge in [-0.1, -0.05) is 0 Å². The van der Waals surface area contributed by atoms with Crippen LogP contribution in [0.2, 0.25) is 0 Å². The fourth-order valence-electron chi connectivity index (χ4n) is 3.91. The number of halogens is 3. The minimum Gasteiger partial charge on any atom is -0.483 e. The van der Waals surface area contributed by atoms with Gasteiger partial charge in [0.1, 0.15) is 17.7 Å². The zero-order chi connectivity index (χ0) is 23.1. The second-order valence-electron chi connectivity index (χ2n) is 7.91. The number of benzene rings is 1. The van der Waals surface area contributed by atoms with Crippen molar-refractivity contribution in [3.05, 3.63) is 65.4 Å². The van der Waals surface area contributed by atoms with Crippen LogP contribution < -0.4 is 4.74 Å². The highest BCUT2D eigenvalue weighted by Gasteiger charge is 2.39. The van der Waals surface area contributed by atoms with Crippen LogP contribution in [0.15, 0.2) is 41.8 Å². The van der Waals surface area contributed by atoms with Crippen molar-refractivity contribution < 1.29 is 22.7 Å². The van der Waals surface area contributed by atoms with Crippen molar-refractivity contribution in [2.45, 2.75) is 25.5 Å². The van der Waals surface area contributed by atoms with Crippen molar-refractivity contribution in [3.8, 4) is 17.0 Å². The number of aromatic nitrogens is 3. The number of nitrogens with zero attached hydrogens (tertiary/aromatic N) is 5. The standard InChI is InChI=1S/C22H19F3N6O2/c1-12-17(8-27-29-12)19-7-21(18(25)9-26-19)33-16-10-30(11-16)22(32)31-20(2-3-28-31)13-4-14(23)6-15(24)5-13/h3-9,16,20H,2,10-11H2,1H3,(H,27,29)/t20-/m0/s1. The lowest BCUT2D eigenvalue weighted by Crippen LogP contribution is -2.58. The van der Waals surface area contributed by atoms with Crippen LogP contribution in [0.3, 0.4) is 0 Å². The molecule has 1 fully saturated rings. The lowest BCUT2D eigenvalue weighted by molar-refractivity contribution is 0.0256. The van der Waals surface area contributed by atoms with E-state index < -0.39 is 35.6 Å². The van der Waals surface area contributed by atoms with Crippen LogP contribution in [-0.2, 0) is 0 Å². The van der Waals surface area contributed by atoms with Crippen molar-refractivity contribution in [3.63, 3.8) is 0 Å². The predicted octanol–water partition coefficient (Wildman–Crippen LogP) is 3.81. The second-order valence-corrected chi connectivity index (χ2v) is 7.91. The zero-order valence-electron chi connectivity index (χ0n) is 17.5. The molecule has 0 bridgehead atoms. The number of pyridine rings is 1. The molecule has 3 aromatic rings. The minimum absolute atomic E-state index is 0.0324. The van der Waals surface area contributed by atoms with Crippen LogP contribution in [0.5, 0.6) is 5.75 Å². The maximum atomic E-state index is 14.3. The Kier molecular flexibility index (Phi) is 5.23. The molecular weight excluding hydrogens is 437 g/mol. The monoisotopic (exact) mass is 456 g/mol. The Morgan fingerprint density at radius 2 is 1.91 bits per heavy atom. The van der Waals surface area contributed by atoms with Gasteiger partial charge in [-0.15, -0.1) is 0 Å². The molecule has 0 spiro atoms. The van der Waals surface area contributed by atoms with Crippen LogP contribution in [0.4, 0.5) is 18.0 Å². The molecule has 0 radical (unpaired) electrons. The number of likely N-dealkylation sites (tertiary alicyclic amines) is 1. The highest BCUT2D eigenvalue weighted by molar-refractivity contribution is 5.79. The quantitative estimate of drug-likeness (QED) is 0.647. The third kappa shape index (κ3) is 4.01. The van der Waals surface area contributed by atoms with E-state index in [1.807, 2.05) is 0 Å². The summed E-state index contributed by atoms with van der Waals surface area (Å²) in [6.45, 7) is 2.24. The average molecular weight is 456 g/mol. The number of amides is 2. The van der Waals surface area contributed by atoms with Gasteiger partial charge in [0.05, 0.1) is 36.7 Å². The maximum Gasteiger partial charge on any atom is 0.341 e. The van der Waals surface area contributed by atoms with Crippen LogP contribution in [0, 0.1) is 24.4 Å². The summed E-state index contributed by atoms with van der Waals surface area (Å²) < 4.78 is 47.3. The second kappa shape index (κ2) is 8.23. The molecule has 1 aromatic carbocycles.